The Labute approximate surface area is 150 Å². The van der Waals surface area contributed by atoms with E-state index >= 15 is 0 Å². The van der Waals surface area contributed by atoms with Gasteiger partial charge < -0.3 is 16.0 Å². The minimum atomic E-state index is -0.450. The van der Waals surface area contributed by atoms with E-state index in [4.69, 9.17) is 5.73 Å². The Morgan fingerprint density at radius 2 is 1.80 bits per heavy atom. The molecule has 0 aliphatic carbocycles. The van der Waals surface area contributed by atoms with Gasteiger partial charge in [-0.2, -0.15) is 0 Å². The fourth-order valence-electron chi connectivity index (χ4n) is 3.16. The Bertz CT molecular complexity index is 724. The summed E-state index contributed by atoms with van der Waals surface area (Å²) in [7, 11) is 0. The molecule has 2 aromatic rings. The zero-order valence-electron chi connectivity index (χ0n) is 15.0. The number of hydrogen-bond donors (Lipinski definition) is 2. The summed E-state index contributed by atoms with van der Waals surface area (Å²) in [6, 6.07) is 16.6. The molecule has 0 saturated carbocycles. The Morgan fingerprint density at radius 3 is 2.52 bits per heavy atom. The van der Waals surface area contributed by atoms with Gasteiger partial charge in [-0.25, -0.2) is 0 Å². The molecule has 3 N–H and O–H groups in total. The molecule has 0 aromatic heterocycles. The van der Waals surface area contributed by atoms with E-state index in [1.165, 1.54) is 16.8 Å². The van der Waals surface area contributed by atoms with Crippen LogP contribution in [-0.2, 0) is 24.3 Å². The van der Waals surface area contributed by atoms with Gasteiger partial charge in [0.05, 0.1) is 6.04 Å². The number of nitrogens with one attached hydrogen (secondary N) is 1. The lowest BCUT2D eigenvalue weighted by Crippen LogP contribution is -2.43. The van der Waals surface area contributed by atoms with Gasteiger partial charge in [0.25, 0.3) is 0 Å². The highest BCUT2D eigenvalue weighted by molar-refractivity contribution is 5.81. The van der Waals surface area contributed by atoms with Gasteiger partial charge in [-0.1, -0.05) is 56.3 Å². The first-order chi connectivity index (χ1) is 12.0. The number of hydrogen-bond acceptors (Lipinski definition) is 3. The van der Waals surface area contributed by atoms with Gasteiger partial charge in [0.2, 0.25) is 5.91 Å². The summed E-state index contributed by atoms with van der Waals surface area (Å²) in [5.41, 5.74) is 11.0. The number of amides is 1. The summed E-state index contributed by atoms with van der Waals surface area (Å²) >= 11 is 0. The van der Waals surface area contributed by atoms with Crippen molar-refractivity contribution in [3.63, 3.8) is 0 Å². The number of carbonyl (C=O) groups is 1. The molecule has 0 fully saturated rings. The lowest BCUT2D eigenvalue weighted by Gasteiger charge is -2.19. The number of para-hydroxylation sites is 1. The molecule has 0 radical (unpaired) electrons. The number of carbonyl (C=O) groups excluding carboxylic acids is 1. The van der Waals surface area contributed by atoms with Crippen LogP contribution in [0.5, 0.6) is 0 Å². The van der Waals surface area contributed by atoms with Crippen LogP contribution in [0.4, 0.5) is 5.69 Å². The average Bonchev–Trinajstić information content (AvgIpc) is 3.03. The fourth-order valence-corrected chi connectivity index (χ4v) is 3.16. The van der Waals surface area contributed by atoms with Crippen LogP contribution in [0.2, 0.25) is 0 Å². The van der Waals surface area contributed by atoms with Crippen LogP contribution in [0.15, 0.2) is 48.5 Å². The lowest BCUT2D eigenvalue weighted by molar-refractivity contribution is -0.123. The molecule has 0 spiro atoms. The quantitative estimate of drug-likeness (QED) is 0.852. The second-order valence-corrected chi connectivity index (χ2v) is 7.10. The maximum Gasteiger partial charge on any atom is 0.237 e. The molecular formula is C21H27N3O. The van der Waals surface area contributed by atoms with Gasteiger partial charge >= 0.3 is 0 Å². The minimum absolute atomic E-state index is 0.0900. The Hall–Kier alpha value is -2.33. The molecule has 1 atom stereocenters. The van der Waals surface area contributed by atoms with Crippen LogP contribution in [-0.4, -0.2) is 18.5 Å². The number of nitrogens with zero attached hydrogens (tertiary/aromatic N) is 1. The van der Waals surface area contributed by atoms with Crippen molar-refractivity contribution in [3.05, 3.63) is 65.2 Å². The van der Waals surface area contributed by atoms with E-state index in [9.17, 15) is 4.79 Å². The van der Waals surface area contributed by atoms with Gasteiger partial charge in [-0.3, -0.25) is 4.79 Å². The van der Waals surface area contributed by atoms with Crippen LogP contribution in [0, 0.1) is 5.92 Å². The summed E-state index contributed by atoms with van der Waals surface area (Å²) in [4.78, 5) is 14.4. The molecular weight excluding hydrogens is 310 g/mol. The molecule has 1 amide bonds. The van der Waals surface area contributed by atoms with E-state index in [0.717, 1.165) is 25.1 Å². The van der Waals surface area contributed by atoms with Crippen molar-refractivity contribution in [1.82, 2.24) is 5.32 Å². The highest BCUT2D eigenvalue weighted by Gasteiger charge is 2.18. The molecule has 1 aliphatic heterocycles. The zero-order valence-corrected chi connectivity index (χ0v) is 15.0. The van der Waals surface area contributed by atoms with Gasteiger partial charge in [0.15, 0.2) is 0 Å². The summed E-state index contributed by atoms with van der Waals surface area (Å²) in [6.07, 6.45) is 1.12. The average molecular weight is 337 g/mol. The first kappa shape index (κ1) is 17.5. The third kappa shape index (κ3) is 4.20. The van der Waals surface area contributed by atoms with E-state index in [-0.39, 0.29) is 11.8 Å². The van der Waals surface area contributed by atoms with Gasteiger partial charge in [0.1, 0.15) is 0 Å². The second kappa shape index (κ2) is 7.70. The van der Waals surface area contributed by atoms with Crippen molar-refractivity contribution in [3.8, 4) is 0 Å². The van der Waals surface area contributed by atoms with Gasteiger partial charge in [-0.05, 0) is 35.1 Å². The van der Waals surface area contributed by atoms with Crippen molar-refractivity contribution in [1.29, 1.82) is 0 Å². The predicted molar refractivity (Wildman–Crippen MR) is 102 cm³/mol. The molecule has 25 heavy (non-hydrogen) atoms. The fraction of sp³-hybridized carbons (Fsp3) is 0.381. The molecule has 4 nitrogen and oxygen atoms in total. The number of rotatable bonds is 6. The van der Waals surface area contributed by atoms with E-state index < -0.39 is 6.04 Å². The third-order valence-corrected chi connectivity index (χ3v) is 4.87. The number of nitrogens with two attached hydrogens (primary N) is 1. The zero-order chi connectivity index (χ0) is 17.8. The third-order valence-electron chi connectivity index (χ3n) is 4.87. The van der Waals surface area contributed by atoms with Gasteiger partial charge in [0, 0.05) is 25.3 Å². The molecule has 0 saturated heterocycles. The molecule has 0 unspecified atom stereocenters. The van der Waals surface area contributed by atoms with Crippen molar-refractivity contribution in [2.24, 2.45) is 11.7 Å². The SMILES string of the molecule is CC(C)[C@H](N)C(=O)NCc1ccc(CN2CCc3ccccc32)cc1. The maximum absolute atomic E-state index is 11.9. The summed E-state index contributed by atoms with van der Waals surface area (Å²) in [5.74, 6) is 0.0541. The van der Waals surface area contributed by atoms with Crippen molar-refractivity contribution in [2.75, 3.05) is 11.4 Å². The highest BCUT2D eigenvalue weighted by atomic mass is 16.2. The summed E-state index contributed by atoms with van der Waals surface area (Å²) < 4.78 is 0. The number of benzene rings is 2. The number of fused-ring (bicyclic) bond motifs is 1. The standard InChI is InChI=1S/C21H27N3O/c1-15(2)20(22)21(25)23-13-16-7-9-17(10-8-16)14-24-12-11-18-5-3-4-6-19(18)24/h3-10,15,20H,11-14,22H2,1-2H3,(H,23,25)/t20-/m0/s1. The first-order valence-electron chi connectivity index (χ1n) is 8.98. The molecule has 2 aromatic carbocycles. The van der Waals surface area contributed by atoms with Crippen molar-refractivity contribution < 1.29 is 4.79 Å². The maximum atomic E-state index is 11.9. The van der Waals surface area contributed by atoms with Crippen LogP contribution in [0.1, 0.15) is 30.5 Å². The smallest absolute Gasteiger partial charge is 0.237 e. The molecule has 4 heteroatoms. The number of anilines is 1. The van der Waals surface area contributed by atoms with Crippen LogP contribution in [0.3, 0.4) is 0 Å². The van der Waals surface area contributed by atoms with E-state index in [1.54, 1.807) is 0 Å². The Balaban J connectivity index is 1.55. The van der Waals surface area contributed by atoms with Crippen LogP contribution < -0.4 is 16.0 Å². The molecule has 0 bridgehead atoms. The van der Waals surface area contributed by atoms with E-state index in [1.807, 2.05) is 13.8 Å². The topological polar surface area (TPSA) is 58.4 Å². The summed E-state index contributed by atoms with van der Waals surface area (Å²) in [5, 5.41) is 2.91. The predicted octanol–water partition coefficient (Wildman–Crippen LogP) is 2.85. The highest BCUT2D eigenvalue weighted by Crippen LogP contribution is 2.28. The molecule has 1 aliphatic rings. The van der Waals surface area contributed by atoms with Crippen molar-refractivity contribution >= 4 is 11.6 Å². The second-order valence-electron chi connectivity index (χ2n) is 7.10. The van der Waals surface area contributed by atoms with E-state index in [0.29, 0.717) is 6.54 Å². The van der Waals surface area contributed by atoms with E-state index in [2.05, 4.69) is 58.7 Å². The molecule has 1 heterocycles. The normalized spacial score (nSPS) is 14.5. The lowest BCUT2D eigenvalue weighted by atomic mass is 10.0. The monoisotopic (exact) mass is 337 g/mol. The first-order valence-corrected chi connectivity index (χ1v) is 8.98. The minimum Gasteiger partial charge on any atom is -0.367 e. The van der Waals surface area contributed by atoms with Crippen molar-refractivity contribution in [2.45, 2.75) is 39.4 Å². The summed E-state index contributed by atoms with van der Waals surface area (Å²) in [6.45, 7) is 6.42. The van der Waals surface area contributed by atoms with Crippen LogP contribution in [0.25, 0.3) is 0 Å². The molecule has 132 valence electrons. The Morgan fingerprint density at radius 1 is 1.12 bits per heavy atom. The largest absolute Gasteiger partial charge is 0.367 e. The molecule has 3 rings (SSSR count). The van der Waals surface area contributed by atoms with Crippen LogP contribution >= 0.6 is 0 Å². The Kier molecular flexibility index (Phi) is 5.39. The van der Waals surface area contributed by atoms with Gasteiger partial charge in [-0.15, -0.1) is 0 Å².